The number of ether oxygens (including phenoxy) is 1. The average Bonchev–Trinajstić information content (AvgIpc) is 2.76. The largest absolute Gasteiger partial charge is 0.490 e. The topological polar surface area (TPSA) is 191 Å². The lowest BCUT2D eigenvalue weighted by Gasteiger charge is -2.35. The molecule has 1 unspecified atom stereocenters. The first-order valence-electron chi connectivity index (χ1n) is 9.46. The lowest BCUT2D eigenvalue weighted by molar-refractivity contribution is -0.435. The van der Waals surface area contributed by atoms with Crippen LogP contribution >= 0.6 is 0 Å². The van der Waals surface area contributed by atoms with Crippen molar-refractivity contribution in [1.82, 2.24) is 5.32 Å². The van der Waals surface area contributed by atoms with Crippen molar-refractivity contribution in [2.75, 3.05) is 38.3 Å². The molecule has 1 saturated heterocycles. The number of nitrogens with zero attached hydrogens (tertiary/aromatic N) is 4. The van der Waals surface area contributed by atoms with Crippen molar-refractivity contribution in [2.45, 2.75) is 19.8 Å². The molecule has 0 saturated carbocycles. The average molecular weight is 453 g/mol. The third-order valence-electron chi connectivity index (χ3n) is 5.07. The van der Waals surface area contributed by atoms with E-state index in [9.17, 15) is 40.2 Å². The normalized spacial score (nSPS) is 18.2. The SMILES string of the molecule is C1COCCN1.CN1C(O)=C([N+](=O)[O-])C(C(C)(C)C=O)c2cc([N+](=O)[O-])cc([N+](=O)[O-])c21. The molecule has 1 aromatic carbocycles. The van der Waals surface area contributed by atoms with Crippen LogP contribution in [0.2, 0.25) is 0 Å². The molecule has 32 heavy (non-hydrogen) atoms. The second kappa shape index (κ2) is 9.65. The molecule has 2 N–H and O–H groups in total. The molecule has 0 amide bonds. The quantitative estimate of drug-likeness (QED) is 0.376. The summed E-state index contributed by atoms with van der Waals surface area (Å²) in [6.45, 7) is 6.50. The van der Waals surface area contributed by atoms with E-state index >= 15 is 0 Å². The van der Waals surface area contributed by atoms with E-state index < -0.39 is 49.1 Å². The van der Waals surface area contributed by atoms with Crippen molar-refractivity contribution in [3.63, 3.8) is 0 Å². The predicted octanol–water partition coefficient (Wildman–Crippen LogP) is 1.87. The molecule has 1 fully saturated rings. The number of anilines is 1. The van der Waals surface area contributed by atoms with E-state index in [0.717, 1.165) is 44.3 Å². The summed E-state index contributed by atoms with van der Waals surface area (Å²) in [5.74, 6) is -2.31. The molecular weight excluding hydrogens is 430 g/mol. The van der Waals surface area contributed by atoms with Gasteiger partial charge < -0.3 is 24.9 Å². The maximum atomic E-state index is 11.5. The molecular formula is C18H23N5O9. The Bertz CT molecular complexity index is 960. The van der Waals surface area contributed by atoms with Gasteiger partial charge in [-0.3, -0.25) is 30.3 Å². The highest BCUT2D eigenvalue weighted by Crippen LogP contribution is 2.52. The maximum Gasteiger partial charge on any atom is 0.314 e. The number of morpholine rings is 1. The molecule has 2 aliphatic rings. The Labute approximate surface area is 181 Å². The standard InChI is InChI=1S/C14H14N4O8.C4H9NO/c1-14(2,6-19)10-8-4-7(16(21)22)5-9(17(23)24)11(8)15(3)13(20)12(10)18(25)26;1-3-6-4-2-5-1/h4-6,10,20H,1-3H3;5H,1-4H2. The van der Waals surface area contributed by atoms with Crippen LogP contribution in [0.15, 0.2) is 23.7 Å². The summed E-state index contributed by atoms with van der Waals surface area (Å²) < 4.78 is 5.01. The smallest absolute Gasteiger partial charge is 0.314 e. The van der Waals surface area contributed by atoms with Crippen LogP contribution in [-0.4, -0.2) is 59.5 Å². The van der Waals surface area contributed by atoms with Crippen LogP contribution < -0.4 is 10.2 Å². The molecule has 14 nitrogen and oxygen atoms in total. The summed E-state index contributed by atoms with van der Waals surface area (Å²) in [5.41, 5.74) is -4.02. The number of nitro groups is 3. The number of rotatable bonds is 5. The van der Waals surface area contributed by atoms with Gasteiger partial charge in [0.05, 0.1) is 40.0 Å². The van der Waals surface area contributed by atoms with E-state index in [1.54, 1.807) is 0 Å². The zero-order chi connectivity index (χ0) is 24.2. The van der Waals surface area contributed by atoms with Gasteiger partial charge in [0.1, 0.15) is 12.0 Å². The van der Waals surface area contributed by atoms with E-state index in [1.807, 2.05) is 0 Å². The molecule has 2 aliphatic heterocycles. The zero-order valence-corrected chi connectivity index (χ0v) is 17.6. The Morgan fingerprint density at radius 3 is 2.09 bits per heavy atom. The molecule has 1 aromatic rings. The predicted molar refractivity (Wildman–Crippen MR) is 111 cm³/mol. The molecule has 3 rings (SSSR count). The lowest BCUT2D eigenvalue weighted by Crippen LogP contribution is -2.37. The number of benzene rings is 1. The summed E-state index contributed by atoms with van der Waals surface area (Å²) in [5, 5.41) is 47.5. The first-order chi connectivity index (χ1) is 14.9. The molecule has 0 bridgehead atoms. The Kier molecular flexibility index (Phi) is 7.43. The van der Waals surface area contributed by atoms with Gasteiger partial charge in [-0.1, -0.05) is 13.8 Å². The number of carbonyl (C=O) groups excluding carboxylic acids is 1. The Morgan fingerprint density at radius 2 is 1.72 bits per heavy atom. The monoisotopic (exact) mass is 453 g/mol. The van der Waals surface area contributed by atoms with Crippen LogP contribution in [0.1, 0.15) is 25.3 Å². The van der Waals surface area contributed by atoms with Crippen LogP contribution in [-0.2, 0) is 9.53 Å². The molecule has 174 valence electrons. The van der Waals surface area contributed by atoms with E-state index in [1.165, 1.54) is 13.8 Å². The third kappa shape index (κ3) is 4.81. The Morgan fingerprint density at radius 1 is 1.12 bits per heavy atom. The van der Waals surface area contributed by atoms with Gasteiger partial charge in [0.15, 0.2) is 0 Å². The van der Waals surface area contributed by atoms with E-state index in [-0.39, 0.29) is 11.3 Å². The van der Waals surface area contributed by atoms with Crippen LogP contribution in [0, 0.1) is 35.8 Å². The molecule has 0 spiro atoms. The minimum absolute atomic E-state index is 0.157. The van der Waals surface area contributed by atoms with Crippen LogP contribution in [0.25, 0.3) is 0 Å². The second-order valence-corrected chi connectivity index (χ2v) is 7.68. The van der Waals surface area contributed by atoms with Crippen molar-refractivity contribution in [3.8, 4) is 0 Å². The number of hydrogen-bond acceptors (Lipinski definition) is 11. The first-order valence-corrected chi connectivity index (χ1v) is 9.46. The number of aliphatic hydroxyl groups excluding tert-OH is 1. The van der Waals surface area contributed by atoms with E-state index in [0.29, 0.717) is 12.4 Å². The third-order valence-corrected chi connectivity index (χ3v) is 5.07. The number of fused-ring (bicyclic) bond motifs is 1. The van der Waals surface area contributed by atoms with Gasteiger partial charge in [-0.2, -0.15) is 0 Å². The maximum absolute atomic E-state index is 11.5. The van der Waals surface area contributed by atoms with Crippen molar-refractivity contribution >= 4 is 23.3 Å². The first kappa shape index (κ1) is 24.6. The fourth-order valence-corrected chi connectivity index (χ4v) is 3.53. The number of carbonyl (C=O) groups is 1. The fourth-order valence-electron chi connectivity index (χ4n) is 3.53. The van der Waals surface area contributed by atoms with Gasteiger partial charge in [0.2, 0.25) is 0 Å². The number of hydrogen-bond donors (Lipinski definition) is 2. The number of non-ortho nitro benzene ring substituents is 1. The lowest BCUT2D eigenvalue weighted by atomic mass is 9.72. The number of allylic oxidation sites excluding steroid dienone is 1. The van der Waals surface area contributed by atoms with Crippen molar-refractivity contribution < 1.29 is 29.4 Å². The van der Waals surface area contributed by atoms with Crippen molar-refractivity contribution in [2.24, 2.45) is 5.41 Å². The van der Waals surface area contributed by atoms with Crippen molar-refractivity contribution in [1.29, 1.82) is 0 Å². The second-order valence-electron chi connectivity index (χ2n) is 7.68. The summed E-state index contributed by atoms with van der Waals surface area (Å²) in [6.07, 6.45) is 0.397. The minimum atomic E-state index is -1.48. The highest BCUT2D eigenvalue weighted by Gasteiger charge is 2.50. The van der Waals surface area contributed by atoms with E-state index in [4.69, 9.17) is 4.74 Å². The van der Waals surface area contributed by atoms with Gasteiger partial charge >= 0.3 is 5.70 Å². The van der Waals surface area contributed by atoms with E-state index in [2.05, 4.69) is 5.32 Å². The zero-order valence-electron chi connectivity index (χ0n) is 17.6. The van der Waals surface area contributed by atoms with Crippen molar-refractivity contribution in [3.05, 3.63) is 59.6 Å². The summed E-state index contributed by atoms with van der Waals surface area (Å²) in [7, 11) is 1.15. The number of aliphatic hydroxyl groups is 1. The molecule has 0 aliphatic carbocycles. The molecule has 2 heterocycles. The number of aldehydes is 1. The summed E-state index contributed by atoms with van der Waals surface area (Å²) >= 11 is 0. The summed E-state index contributed by atoms with van der Waals surface area (Å²) in [4.78, 5) is 43.7. The summed E-state index contributed by atoms with van der Waals surface area (Å²) in [6, 6.07) is 1.65. The van der Waals surface area contributed by atoms with Crippen LogP contribution in [0.4, 0.5) is 17.1 Å². The minimum Gasteiger partial charge on any atom is -0.490 e. The molecule has 0 radical (unpaired) electrons. The molecule has 1 atom stereocenters. The van der Waals surface area contributed by atoms with Gasteiger partial charge in [-0.05, 0) is 0 Å². The molecule has 0 aromatic heterocycles. The van der Waals surface area contributed by atoms with Crippen LogP contribution in [0.3, 0.4) is 0 Å². The molecule has 14 heteroatoms. The number of nitro benzene ring substituents is 2. The van der Waals surface area contributed by atoms with Gasteiger partial charge in [0.25, 0.3) is 17.3 Å². The fraction of sp³-hybridized carbons (Fsp3) is 0.500. The van der Waals surface area contributed by atoms with Gasteiger partial charge in [0, 0.05) is 37.2 Å². The Balaban J connectivity index is 0.000000520. The Hall–Kier alpha value is -3.65. The van der Waals surface area contributed by atoms with Gasteiger partial charge in [-0.15, -0.1) is 0 Å². The highest BCUT2D eigenvalue weighted by molar-refractivity contribution is 5.78. The van der Waals surface area contributed by atoms with Gasteiger partial charge in [-0.25, -0.2) is 0 Å². The highest BCUT2D eigenvalue weighted by atomic mass is 16.6. The number of nitrogens with one attached hydrogen (secondary N) is 1. The van der Waals surface area contributed by atoms with Crippen LogP contribution in [0.5, 0.6) is 0 Å².